The van der Waals surface area contributed by atoms with Gasteiger partial charge in [0.2, 0.25) is 0 Å². The van der Waals surface area contributed by atoms with Crippen molar-refractivity contribution in [1.82, 2.24) is 4.98 Å². The molecule has 104 valence electrons. The maximum Gasteiger partial charge on any atom is 0.335 e. The molecule has 0 fully saturated rings. The number of methoxy groups -OCH3 is 1. The van der Waals surface area contributed by atoms with Gasteiger partial charge in [-0.15, -0.1) is 0 Å². The van der Waals surface area contributed by atoms with Crippen molar-refractivity contribution in [3.8, 4) is 11.5 Å². The van der Waals surface area contributed by atoms with Crippen molar-refractivity contribution < 1.29 is 23.8 Å². The Hall–Kier alpha value is -2.63. The standard InChI is InChI=1S/C14H12FNO4/c1-19-13-5-10(14(17)18)2-3-12(13)20-8-9-4-11(15)7-16-6-9/h2-7H,8H2,1H3,(H,17,18). The molecule has 5 nitrogen and oxygen atoms in total. The number of hydrogen-bond acceptors (Lipinski definition) is 4. The maximum atomic E-state index is 13.0. The van der Waals surface area contributed by atoms with Crippen molar-refractivity contribution in [3.63, 3.8) is 0 Å². The Labute approximate surface area is 114 Å². The van der Waals surface area contributed by atoms with Gasteiger partial charge in [0.05, 0.1) is 18.9 Å². The van der Waals surface area contributed by atoms with Crippen LogP contribution in [-0.4, -0.2) is 23.2 Å². The van der Waals surface area contributed by atoms with Crippen LogP contribution in [0.5, 0.6) is 11.5 Å². The summed E-state index contributed by atoms with van der Waals surface area (Å²) in [7, 11) is 1.41. The van der Waals surface area contributed by atoms with Crippen LogP contribution in [0, 0.1) is 5.82 Å². The Balaban J connectivity index is 2.15. The number of aromatic carboxylic acids is 1. The van der Waals surface area contributed by atoms with Crippen molar-refractivity contribution in [2.75, 3.05) is 7.11 Å². The van der Waals surface area contributed by atoms with E-state index in [0.717, 1.165) is 6.20 Å². The molecule has 0 bridgehead atoms. The number of nitrogens with zero attached hydrogens (tertiary/aromatic N) is 1. The number of aromatic nitrogens is 1. The zero-order valence-corrected chi connectivity index (χ0v) is 10.7. The van der Waals surface area contributed by atoms with E-state index in [0.29, 0.717) is 17.1 Å². The summed E-state index contributed by atoms with van der Waals surface area (Å²) in [6.45, 7) is 0.105. The predicted molar refractivity (Wildman–Crippen MR) is 68.5 cm³/mol. The van der Waals surface area contributed by atoms with E-state index >= 15 is 0 Å². The lowest BCUT2D eigenvalue weighted by Gasteiger charge is -2.11. The second-order valence-electron chi connectivity index (χ2n) is 3.97. The van der Waals surface area contributed by atoms with Crippen LogP contribution in [-0.2, 0) is 6.61 Å². The zero-order valence-electron chi connectivity index (χ0n) is 10.7. The normalized spacial score (nSPS) is 10.1. The number of pyridine rings is 1. The molecule has 1 aromatic carbocycles. The molecule has 0 saturated carbocycles. The van der Waals surface area contributed by atoms with Gasteiger partial charge >= 0.3 is 5.97 Å². The van der Waals surface area contributed by atoms with Gasteiger partial charge in [0.15, 0.2) is 11.5 Å². The van der Waals surface area contributed by atoms with Crippen molar-refractivity contribution in [1.29, 1.82) is 0 Å². The summed E-state index contributed by atoms with van der Waals surface area (Å²) >= 11 is 0. The highest BCUT2D eigenvalue weighted by molar-refractivity contribution is 5.88. The van der Waals surface area contributed by atoms with Crippen molar-refractivity contribution >= 4 is 5.97 Å². The first-order chi connectivity index (χ1) is 9.60. The topological polar surface area (TPSA) is 68.7 Å². The molecule has 0 aliphatic carbocycles. The van der Waals surface area contributed by atoms with E-state index < -0.39 is 11.8 Å². The quantitative estimate of drug-likeness (QED) is 0.909. The lowest BCUT2D eigenvalue weighted by molar-refractivity contribution is 0.0696. The van der Waals surface area contributed by atoms with E-state index in [1.165, 1.54) is 37.6 Å². The molecule has 0 atom stereocenters. The molecule has 0 radical (unpaired) electrons. The Morgan fingerprint density at radius 3 is 2.75 bits per heavy atom. The SMILES string of the molecule is COc1cc(C(=O)O)ccc1OCc1cncc(F)c1. The van der Waals surface area contributed by atoms with Gasteiger partial charge in [-0.25, -0.2) is 9.18 Å². The number of benzene rings is 1. The third-order valence-corrected chi connectivity index (χ3v) is 2.57. The van der Waals surface area contributed by atoms with Crippen molar-refractivity contribution in [2.24, 2.45) is 0 Å². The molecule has 0 spiro atoms. The van der Waals surface area contributed by atoms with Crippen LogP contribution in [0.15, 0.2) is 36.7 Å². The maximum absolute atomic E-state index is 13.0. The molecular weight excluding hydrogens is 265 g/mol. The number of halogens is 1. The molecular formula is C14H12FNO4. The summed E-state index contributed by atoms with van der Waals surface area (Å²) in [6.07, 6.45) is 2.59. The largest absolute Gasteiger partial charge is 0.493 e. The molecule has 0 unspecified atom stereocenters. The second kappa shape index (κ2) is 6.01. The first-order valence-electron chi connectivity index (χ1n) is 5.73. The highest BCUT2D eigenvalue weighted by Crippen LogP contribution is 2.28. The summed E-state index contributed by atoms with van der Waals surface area (Å²) in [5.41, 5.74) is 0.663. The van der Waals surface area contributed by atoms with Gasteiger partial charge < -0.3 is 14.6 Å². The van der Waals surface area contributed by atoms with Crippen molar-refractivity contribution in [3.05, 3.63) is 53.6 Å². The summed E-state index contributed by atoms with van der Waals surface area (Å²) in [4.78, 5) is 14.6. The first kappa shape index (κ1) is 13.8. The smallest absolute Gasteiger partial charge is 0.335 e. The van der Waals surface area contributed by atoms with E-state index in [2.05, 4.69) is 4.98 Å². The fourth-order valence-electron chi connectivity index (χ4n) is 1.62. The molecule has 1 aromatic heterocycles. The minimum absolute atomic E-state index is 0.0987. The molecule has 0 amide bonds. The van der Waals surface area contributed by atoms with Crippen LogP contribution in [0.3, 0.4) is 0 Å². The van der Waals surface area contributed by atoms with Crippen LogP contribution in [0.4, 0.5) is 4.39 Å². The first-order valence-corrected chi connectivity index (χ1v) is 5.73. The molecule has 0 saturated heterocycles. The van der Waals surface area contributed by atoms with Gasteiger partial charge in [0, 0.05) is 11.8 Å². The van der Waals surface area contributed by atoms with E-state index in [-0.39, 0.29) is 12.2 Å². The minimum atomic E-state index is -1.05. The summed E-state index contributed by atoms with van der Waals surface area (Å²) < 4.78 is 23.5. The van der Waals surface area contributed by atoms with Crippen LogP contribution >= 0.6 is 0 Å². The number of rotatable bonds is 5. The number of hydrogen-bond donors (Lipinski definition) is 1. The Bertz CT molecular complexity index is 630. The van der Waals surface area contributed by atoms with Gasteiger partial charge in [-0.3, -0.25) is 4.98 Å². The van der Waals surface area contributed by atoms with Crippen LogP contribution in [0.1, 0.15) is 15.9 Å². The van der Waals surface area contributed by atoms with Gasteiger partial charge in [0.1, 0.15) is 12.4 Å². The summed E-state index contributed by atoms with van der Waals surface area (Å²) in [5.74, 6) is -0.820. The Morgan fingerprint density at radius 1 is 1.30 bits per heavy atom. The summed E-state index contributed by atoms with van der Waals surface area (Å²) in [5, 5.41) is 8.89. The molecule has 20 heavy (non-hydrogen) atoms. The van der Waals surface area contributed by atoms with E-state index in [1.807, 2.05) is 0 Å². The zero-order chi connectivity index (χ0) is 14.5. The van der Waals surface area contributed by atoms with Crippen LogP contribution in [0.2, 0.25) is 0 Å². The highest BCUT2D eigenvalue weighted by Gasteiger charge is 2.10. The van der Waals surface area contributed by atoms with Crippen LogP contribution < -0.4 is 9.47 Å². The molecule has 1 heterocycles. The third kappa shape index (κ3) is 3.23. The Morgan fingerprint density at radius 2 is 2.10 bits per heavy atom. The fraction of sp³-hybridized carbons (Fsp3) is 0.143. The lowest BCUT2D eigenvalue weighted by Crippen LogP contribution is -2.01. The average Bonchev–Trinajstić information content (AvgIpc) is 2.45. The van der Waals surface area contributed by atoms with Gasteiger partial charge in [0.25, 0.3) is 0 Å². The predicted octanol–water partition coefficient (Wildman–Crippen LogP) is 2.51. The second-order valence-corrected chi connectivity index (χ2v) is 3.97. The van der Waals surface area contributed by atoms with E-state index in [9.17, 15) is 9.18 Å². The lowest BCUT2D eigenvalue weighted by atomic mass is 10.2. The highest BCUT2D eigenvalue weighted by atomic mass is 19.1. The molecule has 6 heteroatoms. The number of carbonyl (C=O) groups is 1. The van der Waals surface area contributed by atoms with Gasteiger partial charge in [-0.05, 0) is 24.3 Å². The molecule has 1 N–H and O–H groups in total. The Kier molecular flexibility index (Phi) is 4.14. The average molecular weight is 277 g/mol. The minimum Gasteiger partial charge on any atom is -0.493 e. The number of ether oxygens (including phenoxy) is 2. The fourth-order valence-corrected chi connectivity index (χ4v) is 1.62. The third-order valence-electron chi connectivity index (χ3n) is 2.57. The van der Waals surface area contributed by atoms with Crippen molar-refractivity contribution in [2.45, 2.75) is 6.61 Å². The summed E-state index contributed by atoms with van der Waals surface area (Å²) in [6, 6.07) is 5.58. The molecule has 2 rings (SSSR count). The van der Waals surface area contributed by atoms with E-state index in [4.69, 9.17) is 14.6 Å². The molecule has 2 aromatic rings. The van der Waals surface area contributed by atoms with Gasteiger partial charge in [-0.2, -0.15) is 0 Å². The van der Waals surface area contributed by atoms with Gasteiger partial charge in [-0.1, -0.05) is 0 Å². The number of carboxylic acids is 1. The molecule has 0 aliphatic heterocycles. The molecule has 0 aliphatic rings. The number of carboxylic acid groups (broad SMARTS) is 1. The van der Waals surface area contributed by atoms with E-state index in [1.54, 1.807) is 0 Å². The monoisotopic (exact) mass is 277 g/mol. The van der Waals surface area contributed by atoms with Crippen LogP contribution in [0.25, 0.3) is 0 Å².